The molecule has 0 spiro atoms. The Kier molecular flexibility index (Phi) is 9.82. The van der Waals surface area contributed by atoms with Crippen LogP contribution in [0.5, 0.6) is 0 Å². The van der Waals surface area contributed by atoms with Crippen LogP contribution in [-0.4, -0.2) is 48.0 Å². The first kappa shape index (κ1) is 21.9. The molecule has 0 heterocycles. The molecular formula is C17H28N4O4S2. The van der Waals surface area contributed by atoms with E-state index in [0.717, 1.165) is 51.4 Å². The fourth-order valence-electron chi connectivity index (χ4n) is 3.26. The summed E-state index contributed by atoms with van der Waals surface area (Å²) in [5.41, 5.74) is 0. The van der Waals surface area contributed by atoms with Crippen LogP contribution in [-0.2, 0) is 9.59 Å². The number of carbonyl (C=O) groups excluding carboxylic acids is 4. The molecule has 0 aromatic heterocycles. The minimum atomic E-state index is -0.473. The number of hydrogen-bond acceptors (Lipinski definition) is 6. The van der Waals surface area contributed by atoms with Crippen LogP contribution in [0, 0.1) is 5.92 Å². The summed E-state index contributed by atoms with van der Waals surface area (Å²) >= 11 is 0. The second-order valence-electron chi connectivity index (χ2n) is 6.81. The standard InChI is InChI=1S/C17H28N4O4S2/c22-14(20-17(25)19-13-7-3-4-8-13)11-27-26-10-9-18-16(24)21-15(23)12-5-1-2-6-12/h12-13H,1-11H2,(H2,18,21,23,24)(H2,19,20,22,25). The van der Waals surface area contributed by atoms with Gasteiger partial charge in [0, 0.05) is 24.3 Å². The van der Waals surface area contributed by atoms with Crippen molar-refractivity contribution in [2.45, 2.75) is 57.4 Å². The molecule has 10 heteroatoms. The third kappa shape index (κ3) is 8.87. The van der Waals surface area contributed by atoms with Gasteiger partial charge in [-0.1, -0.05) is 47.3 Å². The molecule has 0 aromatic carbocycles. The average Bonchev–Trinajstić information content (AvgIpc) is 3.31. The van der Waals surface area contributed by atoms with E-state index in [9.17, 15) is 19.2 Å². The first-order valence-corrected chi connectivity index (χ1v) is 12.0. The highest BCUT2D eigenvalue weighted by Gasteiger charge is 2.23. The normalized spacial score (nSPS) is 17.5. The van der Waals surface area contributed by atoms with Crippen LogP contribution >= 0.6 is 21.6 Å². The molecule has 2 saturated carbocycles. The average molecular weight is 417 g/mol. The van der Waals surface area contributed by atoms with E-state index >= 15 is 0 Å². The summed E-state index contributed by atoms with van der Waals surface area (Å²) in [4.78, 5) is 46.8. The van der Waals surface area contributed by atoms with Crippen molar-refractivity contribution in [1.29, 1.82) is 0 Å². The third-order valence-corrected chi connectivity index (χ3v) is 6.92. The lowest BCUT2D eigenvalue weighted by molar-refractivity contribution is -0.123. The van der Waals surface area contributed by atoms with Crippen LogP contribution in [0.1, 0.15) is 51.4 Å². The quantitative estimate of drug-likeness (QED) is 0.356. The highest BCUT2D eigenvalue weighted by molar-refractivity contribution is 8.76. The van der Waals surface area contributed by atoms with Crippen molar-refractivity contribution in [1.82, 2.24) is 21.3 Å². The third-order valence-electron chi connectivity index (χ3n) is 4.65. The van der Waals surface area contributed by atoms with E-state index in [1.165, 1.54) is 21.6 Å². The van der Waals surface area contributed by atoms with Gasteiger partial charge in [-0.3, -0.25) is 20.2 Å². The Morgan fingerprint density at radius 1 is 0.815 bits per heavy atom. The number of imide groups is 2. The molecule has 8 nitrogen and oxygen atoms in total. The van der Waals surface area contributed by atoms with Crippen LogP contribution in [0.4, 0.5) is 9.59 Å². The van der Waals surface area contributed by atoms with Gasteiger partial charge < -0.3 is 10.6 Å². The number of carbonyl (C=O) groups is 4. The summed E-state index contributed by atoms with van der Waals surface area (Å²) in [5, 5.41) is 10.1. The fraction of sp³-hybridized carbons (Fsp3) is 0.765. The Bertz CT molecular complexity index is 535. The molecular weight excluding hydrogens is 388 g/mol. The highest BCUT2D eigenvalue weighted by atomic mass is 33.1. The van der Waals surface area contributed by atoms with Crippen molar-refractivity contribution in [2.75, 3.05) is 18.1 Å². The zero-order valence-corrected chi connectivity index (χ0v) is 17.0. The molecule has 2 fully saturated rings. The van der Waals surface area contributed by atoms with E-state index in [2.05, 4.69) is 21.3 Å². The number of urea groups is 2. The van der Waals surface area contributed by atoms with Gasteiger partial charge in [0.15, 0.2) is 0 Å². The SMILES string of the molecule is O=C(CSSCCNC(=O)NC(=O)C1CCCC1)NC(=O)NC1CCCC1. The van der Waals surface area contributed by atoms with Gasteiger partial charge in [-0.15, -0.1) is 0 Å². The smallest absolute Gasteiger partial charge is 0.321 e. The maximum Gasteiger partial charge on any atom is 0.321 e. The topological polar surface area (TPSA) is 116 Å². The van der Waals surface area contributed by atoms with Gasteiger partial charge in [0.2, 0.25) is 11.8 Å². The lowest BCUT2D eigenvalue weighted by Gasteiger charge is -2.12. The summed E-state index contributed by atoms with van der Waals surface area (Å²) in [7, 11) is 2.74. The highest BCUT2D eigenvalue weighted by Crippen LogP contribution is 2.24. The summed E-state index contributed by atoms with van der Waals surface area (Å²) in [6, 6.07) is -0.723. The molecule has 27 heavy (non-hydrogen) atoms. The largest absolute Gasteiger partial charge is 0.337 e. The number of nitrogens with one attached hydrogen (secondary N) is 4. The van der Waals surface area contributed by atoms with E-state index in [-0.39, 0.29) is 29.5 Å². The van der Waals surface area contributed by atoms with Gasteiger partial charge in [0.1, 0.15) is 0 Å². The minimum Gasteiger partial charge on any atom is -0.337 e. The lowest BCUT2D eigenvalue weighted by atomic mass is 10.1. The Morgan fingerprint density at radius 2 is 1.48 bits per heavy atom. The Balaban J connectivity index is 1.44. The maximum absolute atomic E-state index is 11.8. The Labute approximate surface area is 167 Å². The molecule has 0 saturated heterocycles. The van der Waals surface area contributed by atoms with E-state index in [1.807, 2.05) is 0 Å². The molecule has 0 bridgehead atoms. The summed E-state index contributed by atoms with van der Waals surface area (Å²) in [6.45, 7) is 0.394. The van der Waals surface area contributed by atoms with E-state index in [1.54, 1.807) is 0 Å². The van der Waals surface area contributed by atoms with Crippen molar-refractivity contribution in [2.24, 2.45) is 5.92 Å². The second kappa shape index (κ2) is 12.1. The van der Waals surface area contributed by atoms with Crippen molar-refractivity contribution >= 4 is 45.5 Å². The Morgan fingerprint density at radius 3 is 2.19 bits per heavy atom. The van der Waals surface area contributed by atoms with Crippen LogP contribution in [0.15, 0.2) is 0 Å². The molecule has 0 atom stereocenters. The number of rotatable bonds is 8. The molecule has 0 radical (unpaired) electrons. The fourth-order valence-corrected chi connectivity index (χ4v) is 5.00. The summed E-state index contributed by atoms with van der Waals surface area (Å²) in [5.74, 6) is 0.187. The van der Waals surface area contributed by atoms with E-state index in [0.29, 0.717) is 12.3 Å². The van der Waals surface area contributed by atoms with Crippen LogP contribution < -0.4 is 21.3 Å². The van der Waals surface area contributed by atoms with Crippen molar-refractivity contribution in [3.63, 3.8) is 0 Å². The van der Waals surface area contributed by atoms with Crippen LogP contribution in [0.25, 0.3) is 0 Å². The zero-order valence-electron chi connectivity index (χ0n) is 15.4. The molecule has 2 rings (SSSR count). The molecule has 2 aliphatic rings. The zero-order chi connectivity index (χ0) is 19.5. The minimum absolute atomic E-state index is 0.0370. The van der Waals surface area contributed by atoms with Gasteiger partial charge >= 0.3 is 12.1 Å². The van der Waals surface area contributed by atoms with Crippen molar-refractivity contribution in [3.05, 3.63) is 0 Å². The first-order valence-electron chi connectivity index (χ1n) is 9.48. The monoisotopic (exact) mass is 416 g/mol. The first-order chi connectivity index (χ1) is 13.0. The summed E-state index contributed by atoms with van der Waals surface area (Å²) in [6.07, 6.45) is 7.97. The summed E-state index contributed by atoms with van der Waals surface area (Å²) < 4.78 is 0. The molecule has 2 aliphatic carbocycles. The Hall–Kier alpha value is -1.42. The van der Waals surface area contributed by atoms with E-state index in [4.69, 9.17) is 0 Å². The van der Waals surface area contributed by atoms with Crippen LogP contribution in [0.2, 0.25) is 0 Å². The molecule has 0 unspecified atom stereocenters. The maximum atomic E-state index is 11.8. The van der Waals surface area contributed by atoms with Crippen molar-refractivity contribution < 1.29 is 19.2 Å². The van der Waals surface area contributed by atoms with Crippen molar-refractivity contribution in [3.8, 4) is 0 Å². The molecule has 0 aliphatic heterocycles. The molecule has 152 valence electrons. The second-order valence-corrected chi connectivity index (χ2v) is 9.40. The molecule has 4 N–H and O–H groups in total. The van der Waals surface area contributed by atoms with Gasteiger partial charge in [-0.2, -0.15) is 0 Å². The van der Waals surface area contributed by atoms with Gasteiger partial charge in [0.05, 0.1) is 5.75 Å². The molecule has 6 amide bonds. The number of amides is 6. The van der Waals surface area contributed by atoms with Gasteiger partial charge in [0.25, 0.3) is 0 Å². The predicted octanol–water partition coefficient (Wildman–Crippen LogP) is 2.15. The predicted molar refractivity (Wildman–Crippen MR) is 107 cm³/mol. The molecule has 0 aromatic rings. The van der Waals surface area contributed by atoms with Gasteiger partial charge in [-0.25, -0.2) is 9.59 Å². The van der Waals surface area contributed by atoms with E-state index < -0.39 is 12.1 Å². The van der Waals surface area contributed by atoms with Gasteiger partial charge in [-0.05, 0) is 25.7 Å². The van der Waals surface area contributed by atoms with Crippen LogP contribution in [0.3, 0.4) is 0 Å². The lowest BCUT2D eigenvalue weighted by Crippen LogP contribution is -2.44. The number of hydrogen-bond donors (Lipinski definition) is 4.